The molecule has 3 N–H and O–H groups in total. The van der Waals surface area contributed by atoms with Crippen molar-refractivity contribution in [3.63, 3.8) is 0 Å². The van der Waals surface area contributed by atoms with Crippen molar-refractivity contribution in [3.05, 3.63) is 53.9 Å². The normalized spacial score (nSPS) is 11.4. The molecule has 0 aliphatic heterocycles. The molecule has 0 saturated carbocycles. The highest BCUT2D eigenvalue weighted by atomic mass is 32.5. The van der Waals surface area contributed by atoms with Gasteiger partial charge in [-0.15, -0.1) is 0 Å². The Morgan fingerprint density at radius 3 is 2.54 bits per heavy atom. The number of fused-ring (bicyclic) bond motifs is 1. The van der Waals surface area contributed by atoms with Crippen molar-refractivity contribution in [1.82, 2.24) is 9.97 Å². The van der Waals surface area contributed by atoms with Gasteiger partial charge in [0.25, 0.3) is 0 Å². The number of anilines is 1. The van der Waals surface area contributed by atoms with Crippen LogP contribution < -0.4 is 14.6 Å². The number of nitrogens with zero attached hydrogens (tertiary/aromatic N) is 2. The fraction of sp³-hybridized carbons (Fsp3) is 0.176. The number of hydrogen-bond donors (Lipinski definition) is 3. The Labute approximate surface area is 155 Å². The number of aromatic nitrogens is 2. The SMILES string of the molecule is COc1cc2c(NCc3ccc(OP(O)(O)=S)cc3)ncnc2cc1C. The van der Waals surface area contributed by atoms with Gasteiger partial charge >= 0.3 is 6.72 Å². The van der Waals surface area contributed by atoms with Gasteiger partial charge in [-0.05, 0) is 42.3 Å². The van der Waals surface area contributed by atoms with Crippen LogP contribution in [-0.2, 0) is 18.4 Å². The van der Waals surface area contributed by atoms with E-state index < -0.39 is 6.72 Å². The van der Waals surface area contributed by atoms with Gasteiger partial charge in [-0.2, -0.15) is 0 Å². The minimum absolute atomic E-state index is 0.315. The minimum atomic E-state index is -3.72. The molecular formula is C17H18N3O4PS. The molecule has 26 heavy (non-hydrogen) atoms. The van der Waals surface area contributed by atoms with Crippen molar-refractivity contribution in [2.24, 2.45) is 0 Å². The average molecular weight is 391 g/mol. The zero-order valence-corrected chi connectivity index (χ0v) is 15.9. The summed E-state index contributed by atoms with van der Waals surface area (Å²) < 4.78 is 10.3. The zero-order chi connectivity index (χ0) is 18.7. The predicted octanol–water partition coefficient (Wildman–Crippen LogP) is 3.15. The fourth-order valence-corrected chi connectivity index (χ4v) is 3.19. The van der Waals surface area contributed by atoms with Crippen LogP contribution in [0.15, 0.2) is 42.7 Å². The number of aryl methyl sites for hydroxylation is 1. The summed E-state index contributed by atoms with van der Waals surface area (Å²) in [6, 6.07) is 10.8. The molecule has 0 fully saturated rings. The second-order valence-electron chi connectivity index (χ2n) is 5.64. The second kappa shape index (κ2) is 7.55. The van der Waals surface area contributed by atoms with Gasteiger partial charge in [0.15, 0.2) is 0 Å². The summed E-state index contributed by atoms with van der Waals surface area (Å²) in [5, 5.41) is 4.15. The number of hydrogen-bond acceptors (Lipinski definition) is 6. The van der Waals surface area contributed by atoms with Crippen LogP contribution in [0, 0.1) is 6.92 Å². The van der Waals surface area contributed by atoms with Crippen LogP contribution in [0.25, 0.3) is 10.9 Å². The number of rotatable bonds is 6. The maximum Gasteiger partial charge on any atom is 0.375 e. The van der Waals surface area contributed by atoms with Crippen LogP contribution in [0.5, 0.6) is 11.5 Å². The van der Waals surface area contributed by atoms with E-state index in [1.54, 1.807) is 31.4 Å². The van der Waals surface area contributed by atoms with Crippen LogP contribution in [-0.4, -0.2) is 26.9 Å². The molecule has 0 radical (unpaired) electrons. The van der Waals surface area contributed by atoms with Crippen LogP contribution in [0.3, 0.4) is 0 Å². The molecule has 1 heterocycles. The van der Waals surface area contributed by atoms with Gasteiger partial charge in [0.05, 0.1) is 12.6 Å². The van der Waals surface area contributed by atoms with Gasteiger partial charge in [-0.25, -0.2) is 9.97 Å². The number of nitrogens with one attached hydrogen (secondary N) is 1. The lowest BCUT2D eigenvalue weighted by Crippen LogP contribution is -2.03. The molecule has 3 rings (SSSR count). The molecule has 0 spiro atoms. The summed E-state index contributed by atoms with van der Waals surface area (Å²) in [4.78, 5) is 27.0. The van der Waals surface area contributed by atoms with Crippen molar-refractivity contribution in [1.29, 1.82) is 0 Å². The molecule has 9 heteroatoms. The summed E-state index contributed by atoms with van der Waals surface area (Å²) in [5.74, 6) is 1.80. The van der Waals surface area contributed by atoms with E-state index in [9.17, 15) is 9.79 Å². The first-order valence-corrected chi connectivity index (χ1v) is 10.4. The lowest BCUT2D eigenvalue weighted by molar-refractivity contribution is 0.370. The topological polar surface area (TPSA) is 96.7 Å². The van der Waals surface area contributed by atoms with Crippen molar-refractivity contribution in [2.75, 3.05) is 12.4 Å². The van der Waals surface area contributed by atoms with Gasteiger partial charge in [0.2, 0.25) is 0 Å². The molecule has 0 atom stereocenters. The van der Waals surface area contributed by atoms with Gasteiger partial charge in [-0.1, -0.05) is 12.1 Å². The van der Waals surface area contributed by atoms with Gasteiger partial charge in [0, 0.05) is 23.7 Å². The molecule has 0 bridgehead atoms. The van der Waals surface area contributed by atoms with Crippen LogP contribution in [0.4, 0.5) is 5.82 Å². The van der Waals surface area contributed by atoms with Crippen molar-refractivity contribution >= 4 is 35.2 Å². The van der Waals surface area contributed by atoms with Gasteiger partial charge < -0.3 is 24.4 Å². The first-order chi connectivity index (χ1) is 12.4. The van der Waals surface area contributed by atoms with Gasteiger partial charge in [-0.3, -0.25) is 0 Å². The Kier molecular flexibility index (Phi) is 5.38. The highest BCUT2D eigenvalue weighted by Gasteiger charge is 2.10. The van der Waals surface area contributed by atoms with Gasteiger partial charge in [0.1, 0.15) is 23.6 Å². The predicted molar refractivity (Wildman–Crippen MR) is 104 cm³/mol. The van der Waals surface area contributed by atoms with Crippen molar-refractivity contribution in [3.8, 4) is 11.5 Å². The first-order valence-electron chi connectivity index (χ1n) is 7.73. The highest BCUT2D eigenvalue weighted by molar-refractivity contribution is 8.06. The standard InChI is InChI=1S/C17H18N3O4PS/c1-11-7-15-14(8-16(11)23-2)17(20-10-19-15)18-9-12-3-5-13(6-4-12)24-25(21,22)26/h3-8,10H,9H2,1-2H3,(H,18,19,20)(H2,21,22,26). The van der Waals surface area contributed by atoms with E-state index in [2.05, 4.69) is 27.1 Å². The van der Waals surface area contributed by atoms with E-state index >= 15 is 0 Å². The maximum absolute atomic E-state index is 9.18. The minimum Gasteiger partial charge on any atom is -0.496 e. The number of benzene rings is 2. The number of methoxy groups -OCH3 is 1. The molecule has 0 unspecified atom stereocenters. The van der Waals surface area contributed by atoms with Crippen LogP contribution >= 0.6 is 6.72 Å². The molecule has 0 aliphatic rings. The summed E-state index contributed by atoms with van der Waals surface area (Å²) in [5.41, 5.74) is 2.81. The second-order valence-corrected chi connectivity index (χ2v) is 8.23. The average Bonchev–Trinajstić information content (AvgIpc) is 2.59. The first kappa shape index (κ1) is 18.5. The quantitative estimate of drug-likeness (QED) is 0.552. The fourth-order valence-electron chi connectivity index (χ4n) is 2.54. The zero-order valence-electron chi connectivity index (χ0n) is 14.2. The molecule has 2 aromatic carbocycles. The summed E-state index contributed by atoms with van der Waals surface area (Å²) in [6.07, 6.45) is 1.52. The smallest absolute Gasteiger partial charge is 0.375 e. The molecule has 0 aliphatic carbocycles. The summed E-state index contributed by atoms with van der Waals surface area (Å²) >= 11 is 4.45. The lowest BCUT2D eigenvalue weighted by Gasteiger charge is -2.12. The summed E-state index contributed by atoms with van der Waals surface area (Å²) in [7, 11) is 1.63. The highest BCUT2D eigenvalue weighted by Crippen LogP contribution is 2.37. The van der Waals surface area contributed by atoms with Crippen molar-refractivity contribution < 1.29 is 19.0 Å². The summed E-state index contributed by atoms with van der Waals surface area (Å²) in [6.45, 7) is -1.23. The maximum atomic E-state index is 9.18. The largest absolute Gasteiger partial charge is 0.496 e. The third-order valence-electron chi connectivity index (χ3n) is 3.76. The van der Waals surface area contributed by atoms with Crippen LogP contribution in [0.2, 0.25) is 0 Å². The molecule has 3 aromatic rings. The molecule has 7 nitrogen and oxygen atoms in total. The number of ether oxygens (including phenoxy) is 1. The molecule has 0 saturated heterocycles. The Morgan fingerprint density at radius 1 is 1.15 bits per heavy atom. The molecule has 136 valence electrons. The van der Waals surface area contributed by atoms with E-state index in [-0.39, 0.29) is 0 Å². The molecule has 1 aromatic heterocycles. The Balaban J connectivity index is 1.78. The van der Waals surface area contributed by atoms with E-state index in [0.717, 1.165) is 27.8 Å². The third-order valence-corrected chi connectivity index (χ3v) is 4.43. The molecule has 0 amide bonds. The Morgan fingerprint density at radius 2 is 1.88 bits per heavy atom. The third kappa shape index (κ3) is 4.47. The van der Waals surface area contributed by atoms with Crippen molar-refractivity contribution in [2.45, 2.75) is 13.5 Å². The Hall–Kier alpha value is -2.25. The lowest BCUT2D eigenvalue weighted by atomic mass is 10.1. The van der Waals surface area contributed by atoms with E-state index in [1.807, 2.05) is 19.1 Å². The van der Waals surface area contributed by atoms with E-state index in [1.165, 1.54) is 6.33 Å². The monoisotopic (exact) mass is 391 g/mol. The van der Waals surface area contributed by atoms with E-state index in [0.29, 0.717) is 18.1 Å². The van der Waals surface area contributed by atoms with Crippen LogP contribution in [0.1, 0.15) is 11.1 Å². The van der Waals surface area contributed by atoms with E-state index in [4.69, 9.17) is 9.26 Å². The Bertz CT molecular complexity index is 976. The molecular weight excluding hydrogens is 373 g/mol.